The van der Waals surface area contributed by atoms with Crippen LogP contribution < -0.4 is 0 Å². The molecule has 1 saturated heterocycles. The van der Waals surface area contributed by atoms with Gasteiger partial charge < -0.3 is 4.90 Å². The van der Waals surface area contributed by atoms with E-state index in [-0.39, 0.29) is 5.91 Å². The normalized spacial score (nSPS) is 15.0. The highest BCUT2D eigenvalue weighted by molar-refractivity contribution is 5.76. The van der Waals surface area contributed by atoms with E-state index in [0.717, 1.165) is 55.3 Å². The monoisotopic (exact) mass is 392 g/mol. The Bertz CT molecular complexity index is 953. The Morgan fingerprint density at radius 3 is 2.59 bits per heavy atom. The molecule has 3 aromatic rings. The molecular formula is C22H28N6O. The summed E-state index contributed by atoms with van der Waals surface area (Å²) in [7, 11) is 0. The first-order chi connectivity index (χ1) is 14.1. The van der Waals surface area contributed by atoms with Crippen molar-refractivity contribution in [2.75, 3.05) is 13.1 Å². The highest BCUT2D eigenvalue weighted by Crippen LogP contribution is 2.22. The van der Waals surface area contributed by atoms with E-state index < -0.39 is 0 Å². The zero-order chi connectivity index (χ0) is 20.2. The van der Waals surface area contributed by atoms with E-state index in [9.17, 15) is 4.79 Å². The Kier molecular flexibility index (Phi) is 5.74. The Morgan fingerprint density at radius 2 is 1.90 bits per heavy atom. The van der Waals surface area contributed by atoms with Crippen LogP contribution in [0.15, 0.2) is 42.7 Å². The average Bonchev–Trinajstić information content (AvgIpc) is 3.32. The molecule has 1 aliphatic rings. The molecule has 1 aliphatic heterocycles. The third-order valence-electron chi connectivity index (χ3n) is 5.73. The van der Waals surface area contributed by atoms with Crippen molar-refractivity contribution >= 4 is 5.91 Å². The maximum absolute atomic E-state index is 12.6. The number of aromatic nitrogens is 5. The van der Waals surface area contributed by atoms with Gasteiger partial charge in [0.25, 0.3) is 0 Å². The second kappa shape index (κ2) is 8.59. The number of hydrogen-bond acceptors (Lipinski definition) is 4. The minimum absolute atomic E-state index is 0.225. The third kappa shape index (κ3) is 4.55. The molecule has 1 fully saturated rings. The van der Waals surface area contributed by atoms with Gasteiger partial charge in [0.15, 0.2) is 0 Å². The lowest BCUT2D eigenvalue weighted by molar-refractivity contribution is -0.132. The molecule has 0 saturated carbocycles. The van der Waals surface area contributed by atoms with Gasteiger partial charge in [0.1, 0.15) is 12.2 Å². The summed E-state index contributed by atoms with van der Waals surface area (Å²) in [5.74, 6) is 1.75. The minimum atomic E-state index is 0.225. The van der Waals surface area contributed by atoms with Gasteiger partial charge in [-0.3, -0.25) is 14.0 Å². The Balaban J connectivity index is 1.28. The summed E-state index contributed by atoms with van der Waals surface area (Å²) < 4.78 is 3.99. The molecule has 7 nitrogen and oxygen atoms in total. The molecule has 3 heterocycles. The van der Waals surface area contributed by atoms with E-state index in [4.69, 9.17) is 0 Å². The molecule has 7 heteroatoms. The molecule has 0 atom stereocenters. The molecule has 0 N–H and O–H groups in total. The summed E-state index contributed by atoms with van der Waals surface area (Å²) in [5, 5.41) is 12.9. The zero-order valence-electron chi connectivity index (χ0n) is 17.2. The standard InChI is InChI=1S/C22H28N6O/c1-17-14-18(2)28(25-17)13-10-22(29)26-11-8-19(9-12-26)15-21-24-23-16-27(21)20-6-4-3-5-7-20/h3-7,14,16,19H,8-13,15H2,1-2H3. The van der Waals surface area contributed by atoms with Crippen molar-refractivity contribution in [2.24, 2.45) is 5.92 Å². The molecule has 1 amide bonds. The minimum Gasteiger partial charge on any atom is -0.343 e. The number of benzene rings is 1. The van der Waals surface area contributed by atoms with Crippen LogP contribution in [0.5, 0.6) is 0 Å². The van der Waals surface area contributed by atoms with Gasteiger partial charge in [-0.05, 0) is 50.8 Å². The highest BCUT2D eigenvalue weighted by atomic mass is 16.2. The van der Waals surface area contributed by atoms with Crippen LogP contribution in [0.4, 0.5) is 0 Å². The maximum Gasteiger partial charge on any atom is 0.224 e. The third-order valence-corrected chi connectivity index (χ3v) is 5.73. The van der Waals surface area contributed by atoms with Gasteiger partial charge in [-0.25, -0.2) is 0 Å². The predicted molar refractivity (Wildman–Crippen MR) is 111 cm³/mol. The number of para-hydroxylation sites is 1. The second-order valence-electron chi connectivity index (χ2n) is 7.88. The summed E-state index contributed by atoms with van der Waals surface area (Å²) in [6, 6.07) is 12.2. The lowest BCUT2D eigenvalue weighted by atomic mass is 9.93. The van der Waals surface area contributed by atoms with Crippen LogP contribution in [0.3, 0.4) is 0 Å². The van der Waals surface area contributed by atoms with Gasteiger partial charge in [0.2, 0.25) is 5.91 Å². The highest BCUT2D eigenvalue weighted by Gasteiger charge is 2.24. The number of carbonyl (C=O) groups is 1. The molecule has 29 heavy (non-hydrogen) atoms. The number of carbonyl (C=O) groups excluding carboxylic acids is 1. The van der Waals surface area contributed by atoms with Gasteiger partial charge in [-0.1, -0.05) is 18.2 Å². The summed E-state index contributed by atoms with van der Waals surface area (Å²) in [6.45, 7) is 6.30. The molecule has 0 spiro atoms. The largest absolute Gasteiger partial charge is 0.343 e. The zero-order valence-corrected chi connectivity index (χ0v) is 17.2. The fraction of sp³-hybridized carbons (Fsp3) is 0.455. The molecular weight excluding hydrogens is 364 g/mol. The van der Waals surface area contributed by atoms with Gasteiger partial charge in [0, 0.05) is 43.9 Å². The fourth-order valence-corrected chi connectivity index (χ4v) is 4.11. The molecule has 2 aromatic heterocycles. The van der Waals surface area contributed by atoms with Crippen molar-refractivity contribution in [1.82, 2.24) is 29.4 Å². The van der Waals surface area contributed by atoms with Crippen molar-refractivity contribution < 1.29 is 4.79 Å². The average molecular weight is 393 g/mol. The van der Waals surface area contributed by atoms with Gasteiger partial charge in [-0.15, -0.1) is 10.2 Å². The van der Waals surface area contributed by atoms with E-state index in [0.29, 0.717) is 18.9 Å². The number of piperidine rings is 1. The van der Waals surface area contributed by atoms with E-state index in [2.05, 4.69) is 32.0 Å². The molecule has 0 bridgehead atoms. The van der Waals surface area contributed by atoms with Gasteiger partial charge in [-0.2, -0.15) is 5.10 Å². The van der Waals surface area contributed by atoms with Gasteiger partial charge >= 0.3 is 0 Å². The summed E-state index contributed by atoms with van der Waals surface area (Å²) in [4.78, 5) is 14.6. The number of aryl methyl sites for hydroxylation is 3. The second-order valence-corrected chi connectivity index (χ2v) is 7.88. The molecule has 152 valence electrons. The summed E-state index contributed by atoms with van der Waals surface area (Å²) >= 11 is 0. The molecule has 1 aromatic carbocycles. The van der Waals surface area contributed by atoms with Crippen LogP contribution >= 0.6 is 0 Å². The van der Waals surface area contributed by atoms with E-state index in [1.54, 1.807) is 6.33 Å². The van der Waals surface area contributed by atoms with E-state index >= 15 is 0 Å². The van der Waals surface area contributed by atoms with Crippen LogP contribution in [0, 0.1) is 19.8 Å². The Hall–Kier alpha value is -2.96. The molecule has 0 unspecified atom stereocenters. The first-order valence-electron chi connectivity index (χ1n) is 10.3. The SMILES string of the molecule is Cc1cc(C)n(CCC(=O)N2CCC(Cc3nncn3-c3ccccc3)CC2)n1. The van der Waals surface area contributed by atoms with E-state index in [1.165, 1.54) is 0 Å². The van der Waals surface area contributed by atoms with Crippen LogP contribution in [0.25, 0.3) is 5.69 Å². The molecule has 0 radical (unpaired) electrons. The van der Waals surface area contributed by atoms with Crippen molar-refractivity contribution in [1.29, 1.82) is 0 Å². The number of amides is 1. The van der Waals surface area contributed by atoms with Crippen LogP contribution in [-0.2, 0) is 17.8 Å². The van der Waals surface area contributed by atoms with Crippen LogP contribution in [-0.4, -0.2) is 48.4 Å². The first-order valence-corrected chi connectivity index (χ1v) is 10.3. The summed E-state index contributed by atoms with van der Waals surface area (Å²) in [5.41, 5.74) is 3.19. The maximum atomic E-state index is 12.6. The summed E-state index contributed by atoms with van der Waals surface area (Å²) in [6.07, 6.45) is 5.19. The Morgan fingerprint density at radius 1 is 1.14 bits per heavy atom. The van der Waals surface area contributed by atoms with Crippen LogP contribution in [0.2, 0.25) is 0 Å². The Labute approximate surface area is 171 Å². The van der Waals surface area contributed by atoms with Crippen molar-refractivity contribution in [3.8, 4) is 5.69 Å². The quantitative estimate of drug-likeness (QED) is 0.647. The number of nitrogens with zero attached hydrogens (tertiary/aromatic N) is 6. The van der Waals surface area contributed by atoms with Crippen molar-refractivity contribution in [2.45, 2.75) is 46.1 Å². The van der Waals surface area contributed by atoms with Crippen molar-refractivity contribution in [3.05, 3.63) is 59.9 Å². The topological polar surface area (TPSA) is 68.8 Å². The number of hydrogen-bond donors (Lipinski definition) is 0. The molecule has 4 rings (SSSR count). The van der Waals surface area contributed by atoms with E-state index in [1.807, 2.05) is 47.7 Å². The fourth-order valence-electron chi connectivity index (χ4n) is 4.11. The molecule has 0 aliphatic carbocycles. The first kappa shape index (κ1) is 19.4. The van der Waals surface area contributed by atoms with Crippen molar-refractivity contribution in [3.63, 3.8) is 0 Å². The van der Waals surface area contributed by atoms with Gasteiger partial charge in [0.05, 0.1) is 5.69 Å². The smallest absolute Gasteiger partial charge is 0.224 e. The van der Waals surface area contributed by atoms with Crippen LogP contribution in [0.1, 0.15) is 36.5 Å². The number of rotatable bonds is 6. The lowest BCUT2D eigenvalue weighted by Crippen LogP contribution is -2.39. The number of likely N-dealkylation sites (tertiary alicyclic amines) is 1. The lowest BCUT2D eigenvalue weighted by Gasteiger charge is -2.32. The predicted octanol–water partition coefficient (Wildman–Crippen LogP) is 2.95.